The highest BCUT2D eigenvalue weighted by atomic mass is 19.4. The van der Waals surface area contributed by atoms with Crippen LogP contribution < -0.4 is 10.2 Å². The lowest BCUT2D eigenvalue weighted by molar-refractivity contribution is -0.137. The topological polar surface area (TPSA) is 68.7 Å². The highest BCUT2D eigenvalue weighted by Crippen LogP contribution is 2.29. The first kappa shape index (κ1) is 22.3. The predicted octanol–water partition coefficient (Wildman–Crippen LogP) is 3.18. The molecule has 2 aliphatic heterocycles. The standard InChI is InChI=1S/C23H25F3N4O2/c24-23(25,26)18-4-7-21(27-14-18)30-11-9-29(10-12-30)15-19(31)5-1-16-2-6-20-17(13-16)3-8-22(32)28-20/h1-2,4-7,13-14,19,31H,3,8-12,15H2,(H,28,32)/b5-1+. The van der Waals surface area contributed by atoms with Crippen LogP contribution >= 0.6 is 0 Å². The number of aryl methyl sites for hydroxylation is 1. The lowest BCUT2D eigenvalue weighted by Crippen LogP contribution is -2.48. The SMILES string of the molecule is O=C1CCc2cc(/C=C/C(O)CN3CCN(c4ccc(C(F)(F)F)cn4)CC3)ccc2N1. The van der Waals surface area contributed by atoms with Gasteiger partial charge in [0.15, 0.2) is 0 Å². The molecule has 6 nitrogen and oxygen atoms in total. The molecular formula is C23H25F3N4O2. The van der Waals surface area contributed by atoms with Gasteiger partial charge in [0.25, 0.3) is 0 Å². The second kappa shape index (κ2) is 9.30. The molecule has 2 aromatic rings. The molecule has 32 heavy (non-hydrogen) atoms. The first-order chi connectivity index (χ1) is 15.3. The highest BCUT2D eigenvalue weighted by Gasteiger charge is 2.31. The maximum absolute atomic E-state index is 12.7. The third-order valence-electron chi connectivity index (χ3n) is 5.75. The van der Waals surface area contributed by atoms with Crippen LogP contribution in [0.15, 0.2) is 42.6 Å². The largest absolute Gasteiger partial charge is 0.417 e. The van der Waals surface area contributed by atoms with E-state index in [1.807, 2.05) is 29.2 Å². The van der Waals surface area contributed by atoms with Crippen molar-refractivity contribution in [3.8, 4) is 0 Å². The van der Waals surface area contributed by atoms with Crippen molar-refractivity contribution in [1.82, 2.24) is 9.88 Å². The summed E-state index contributed by atoms with van der Waals surface area (Å²) in [5.74, 6) is 0.562. The number of amides is 1. The number of hydrogen-bond donors (Lipinski definition) is 2. The van der Waals surface area contributed by atoms with Crippen molar-refractivity contribution in [2.24, 2.45) is 0 Å². The summed E-state index contributed by atoms with van der Waals surface area (Å²) >= 11 is 0. The number of β-amino-alcohol motifs (C(OH)–C–C–N with tert-alkyl or cyclic N) is 1. The Morgan fingerprint density at radius 3 is 2.59 bits per heavy atom. The van der Waals surface area contributed by atoms with Crippen molar-refractivity contribution in [1.29, 1.82) is 0 Å². The number of aromatic nitrogens is 1. The molecule has 0 saturated carbocycles. The Hall–Kier alpha value is -2.91. The second-order valence-electron chi connectivity index (χ2n) is 8.08. The lowest BCUT2D eigenvalue weighted by Gasteiger charge is -2.36. The number of rotatable bonds is 5. The van der Waals surface area contributed by atoms with Gasteiger partial charge < -0.3 is 15.3 Å². The summed E-state index contributed by atoms with van der Waals surface area (Å²) in [6.45, 7) is 3.11. The molecular weight excluding hydrogens is 421 g/mol. The molecule has 4 rings (SSSR count). The third-order valence-corrected chi connectivity index (χ3v) is 5.75. The van der Waals surface area contributed by atoms with Crippen LogP contribution in [-0.2, 0) is 17.4 Å². The van der Waals surface area contributed by atoms with Crippen LogP contribution in [0.2, 0.25) is 0 Å². The van der Waals surface area contributed by atoms with E-state index in [0.29, 0.717) is 51.4 Å². The van der Waals surface area contributed by atoms with Crippen molar-refractivity contribution in [2.75, 3.05) is 42.9 Å². The summed E-state index contributed by atoms with van der Waals surface area (Å²) in [6, 6.07) is 8.27. The summed E-state index contributed by atoms with van der Waals surface area (Å²) in [7, 11) is 0. The van der Waals surface area contributed by atoms with E-state index >= 15 is 0 Å². The molecule has 9 heteroatoms. The number of alkyl halides is 3. The average molecular weight is 446 g/mol. The van der Waals surface area contributed by atoms with E-state index in [2.05, 4.69) is 15.2 Å². The maximum Gasteiger partial charge on any atom is 0.417 e. The number of fused-ring (bicyclic) bond motifs is 1. The zero-order chi connectivity index (χ0) is 22.7. The Balaban J connectivity index is 1.26. The number of aliphatic hydroxyl groups excluding tert-OH is 1. The van der Waals surface area contributed by atoms with Gasteiger partial charge in [-0.2, -0.15) is 13.2 Å². The van der Waals surface area contributed by atoms with Gasteiger partial charge in [-0.15, -0.1) is 0 Å². The summed E-state index contributed by atoms with van der Waals surface area (Å²) in [5.41, 5.74) is 2.16. The zero-order valence-electron chi connectivity index (χ0n) is 17.5. The fraction of sp³-hybridized carbons (Fsp3) is 0.391. The minimum atomic E-state index is -4.39. The average Bonchev–Trinajstić information content (AvgIpc) is 2.78. The second-order valence-corrected chi connectivity index (χ2v) is 8.08. The molecule has 170 valence electrons. The van der Waals surface area contributed by atoms with Crippen molar-refractivity contribution in [2.45, 2.75) is 25.1 Å². The van der Waals surface area contributed by atoms with E-state index in [-0.39, 0.29) is 5.91 Å². The number of piperazine rings is 1. The number of hydrogen-bond acceptors (Lipinski definition) is 5. The molecule has 1 unspecified atom stereocenters. The van der Waals surface area contributed by atoms with Gasteiger partial charge in [-0.3, -0.25) is 9.69 Å². The van der Waals surface area contributed by atoms with Gasteiger partial charge in [0.1, 0.15) is 5.82 Å². The predicted molar refractivity (Wildman–Crippen MR) is 116 cm³/mol. The molecule has 1 saturated heterocycles. The number of nitrogens with zero attached hydrogens (tertiary/aromatic N) is 3. The number of nitrogens with one attached hydrogen (secondary N) is 1. The minimum absolute atomic E-state index is 0.0328. The quantitative estimate of drug-likeness (QED) is 0.739. The molecule has 2 N–H and O–H groups in total. The van der Waals surface area contributed by atoms with Crippen molar-refractivity contribution in [3.63, 3.8) is 0 Å². The van der Waals surface area contributed by atoms with Gasteiger partial charge in [0, 0.05) is 51.0 Å². The zero-order valence-corrected chi connectivity index (χ0v) is 17.5. The van der Waals surface area contributed by atoms with E-state index < -0.39 is 17.8 Å². The third kappa shape index (κ3) is 5.46. The fourth-order valence-corrected chi connectivity index (χ4v) is 3.95. The lowest BCUT2D eigenvalue weighted by atomic mass is 10.00. The minimum Gasteiger partial charge on any atom is -0.388 e. The van der Waals surface area contributed by atoms with Gasteiger partial charge in [0.2, 0.25) is 5.91 Å². The van der Waals surface area contributed by atoms with Crippen molar-refractivity contribution < 1.29 is 23.1 Å². The molecule has 0 radical (unpaired) electrons. The van der Waals surface area contributed by atoms with Crippen LogP contribution in [0.5, 0.6) is 0 Å². The van der Waals surface area contributed by atoms with Crippen LogP contribution in [0, 0.1) is 0 Å². The van der Waals surface area contributed by atoms with Crippen molar-refractivity contribution >= 4 is 23.5 Å². The van der Waals surface area contributed by atoms with Crippen LogP contribution in [0.1, 0.15) is 23.1 Å². The number of aliphatic hydroxyl groups is 1. The summed E-state index contributed by atoms with van der Waals surface area (Å²) < 4.78 is 38.1. The monoisotopic (exact) mass is 446 g/mol. The Bertz CT molecular complexity index is 984. The molecule has 0 spiro atoms. The van der Waals surface area contributed by atoms with E-state index in [4.69, 9.17) is 0 Å². The summed E-state index contributed by atoms with van der Waals surface area (Å²) in [4.78, 5) is 19.5. The Kier molecular flexibility index (Phi) is 6.48. The molecule has 0 bridgehead atoms. The highest BCUT2D eigenvalue weighted by molar-refractivity contribution is 5.94. The molecule has 1 aromatic heterocycles. The van der Waals surface area contributed by atoms with Crippen molar-refractivity contribution in [3.05, 3.63) is 59.3 Å². The molecule has 1 aromatic carbocycles. The van der Waals surface area contributed by atoms with Crippen LogP contribution in [0.4, 0.5) is 24.7 Å². The molecule has 2 aliphatic rings. The molecule has 1 atom stereocenters. The van der Waals surface area contributed by atoms with Gasteiger partial charge in [-0.05, 0) is 41.8 Å². The number of carbonyl (C=O) groups is 1. The first-order valence-corrected chi connectivity index (χ1v) is 10.6. The van der Waals surface area contributed by atoms with E-state index in [1.165, 1.54) is 6.07 Å². The van der Waals surface area contributed by atoms with Gasteiger partial charge in [-0.1, -0.05) is 18.2 Å². The van der Waals surface area contributed by atoms with Crippen LogP contribution in [-0.4, -0.2) is 59.7 Å². The molecule has 1 amide bonds. The van der Waals surface area contributed by atoms with Gasteiger partial charge >= 0.3 is 6.18 Å². The van der Waals surface area contributed by atoms with E-state index in [1.54, 1.807) is 6.08 Å². The van der Waals surface area contributed by atoms with Gasteiger partial charge in [0.05, 0.1) is 11.7 Å². The molecule has 0 aliphatic carbocycles. The fourth-order valence-electron chi connectivity index (χ4n) is 3.95. The maximum atomic E-state index is 12.7. The summed E-state index contributed by atoms with van der Waals surface area (Å²) in [5, 5.41) is 13.3. The number of benzene rings is 1. The van der Waals surface area contributed by atoms with Gasteiger partial charge in [-0.25, -0.2) is 4.98 Å². The number of halogens is 3. The Morgan fingerprint density at radius 2 is 1.91 bits per heavy atom. The van der Waals surface area contributed by atoms with Crippen LogP contribution in [0.3, 0.4) is 0 Å². The van der Waals surface area contributed by atoms with E-state index in [9.17, 15) is 23.1 Å². The summed E-state index contributed by atoms with van der Waals surface area (Å²) in [6.07, 6.45) is 0.673. The first-order valence-electron chi connectivity index (χ1n) is 10.6. The Labute approximate surface area is 184 Å². The van der Waals surface area contributed by atoms with Crippen LogP contribution in [0.25, 0.3) is 6.08 Å². The molecule has 3 heterocycles. The Morgan fingerprint density at radius 1 is 1.12 bits per heavy atom. The number of pyridine rings is 1. The number of carbonyl (C=O) groups excluding carboxylic acids is 1. The van der Waals surface area contributed by atoms with E-state index in [0.717, 1.165) is 29.1 Å². The normalized spacial score (nSPS) is 18.5. The smallest absolute Gasteiger partial charge is 0.388 e. The number of anilines is 2. The molecule has 1 fully saturated rings.